The Balaban J connectivity index is 1.61. The van der Waals surface area contributed by atoms with Crippen LogP contribution in [0.2, 0.25) is 0 Å². The number of aromatic nitrogens is 2. The third-order valence-corrected chi connectivity index (χ3v) is 3.64. The number of carbonyl (C=O) groups is 1. The summed E-state index contributed by atoms with van der Waals surface area (Å²) < 4.78 is 18.7. The fourth-order valence-corrected chi connectivity index (χ4v) is 2.47. The Hall–Kier alpha value is -3.48. The SMILES string of the molecule is CCOc1ccccc1Nc1ccc(NC(=O)Cc2cccc(F)c2)nn1. The summed E-state index contributed by atoms with van der Waals surface area (Å²) in [4.78, 5) is 12.1. The van der Waals surface area contributed by atoms with Gasteiger partial charge in [-0.3, -0.25) is 4.79 Å². The number of hydrogen-bond donors (Lipinski definition) is 2. The van der Waals surface area contributed by atoms with Gasteiger partial charge in [0.15, 0.2) is 11.6 Å². The lowest BCUT2D eigenvalue weighted by Gasteiger charge is -2.11. The molecule has 0 aliphatic carbocycles. The minimum atomic E-state index is -0.372. The molecule has 1 amide bonds. The van der Waals surface area contributed by atoms with E-state index in [0.29, 0.717) is 29.6 Å². The minimum absolute atomic E-state index is 0.0567. The molecular weight excluding hydrogens is 347 g/mol. The first-order chi connectivity index (χ1) is 13.1. The van der Waals surface area contributed by atoms with E-state index in [9.17, 15) is 9.18 Å². The van der Waals surface area contributed by atoms with Gasteiger partial charge in [-0.05, 0) is 48.9 Å². The number of ether oxygens (including phenoxy) is 1. The second-order valence-corrected chi connectivity index (χ2v) is 5.71. The first-order valence-electron chi connectivity index (χ1n) is 8.51. The first kappa shape index (κ1) is 18.3. The highest BCUT2D eigenvalue weighted by Crippen LogP contribution is 2.26. The van der Waals surface area contributed by atoms with E-state index in [1.165, 1.54) is 12.1 Å². The lowest BCUT2D eigenvalue weighted by molar-refractivity contribution is -0.115. The van der Waals surface area contributed by atoms with Crippen LogP contribution in [0.4, 0.5) is 21.7 Å². The van der Waals surface area contributed by atoms with Crippen LogP contribution in [0, 0.1) is 5.82 Å². The number of halogens is 1. The predicted molar refractivity (Wildman–Crippen MR) is 102 cm³/mol. The van der Waals surface area contributed by atoms with Crippen molar-refractivity contribution in [1.82, 2.24) is 10.2 Å². The van der Waals surface area contributed by atoms with Crippen molar-refractivity contribution in [2.24, 2.45) is 0 Å². The number of hydrogen-bond acceptors (Lipinski definition) is 5. The maximum Gasteiger partial charge on any atom is 0.229 e. The molecule has 0 aliphatic rings. The molecule has 0 fully saturated rings. The lowest BCUT2D eigenvalue weighted by atomic mass is 10.1. The number of rotatable bonds is 7. The Kier molecular flexibility index (Phi) is 5.94. The molecule has 0 atom stereocenters. The normalized spacial score (nSPS) is 10.3. The van der Waals surface area contributed by atoms with Crippen molar-refractivity contribution in [2.45, 2.75) is 13.3 Å². The van der Waals surface area contributed by atoms with Crippen LogP contribution in [0.3, 0.4) is 0 Å². The zero-order valence-corrected chi connectivity index (χ0v) is 14.8. The molecule has 3 rings (SSSR count). The smallest absolute Gasteiger partial charge is 0.229 e. The van der Waals surface area contributed by atoms with Gasteiger partial charge in [0.1, 0.15) is 11.6 Å². The molecule has 0 saturated carbocycles. The molecule has 2 aromatic carbocycles. The van der Waals surface area contributed by atoms with E-state index in [4.69, 9.17) is 4.74 Å². The molecule has 0 bridgehead atoms. The zero-order chi connectivity index (χ0) is 19.1. The monoisotopic (exact) mass is 366 g/mol. The number of anilines is 3. The van der Waals surface area contributed by atoms with Crippen molar-refractivity contribution >= 4 is 23.2 Å². The summed E-state index contributed by atoms with van der Waals surface area (Å²) in [6, 6.07) is 16.8. The molecule has 6 nitrogen and oxygen atoms in total. The molecule has 3 aromatic rings. The molecule has 7 heteroatoms. The van der Waals surface area contributed by atoms with Crippen LogP contribution in [0.15, 0.2) is 60.7 Å². The van der Waals surface area contributed by atoms with E-state index in [1.54, 1.807) is 24.3 Å². The Bertz CT molecular complexity index is 916. The van der Waals surface area contributed by atoms with Crippen LogP contribution >= 0.6 is 0 Å². The van der Waals surface area contributed by atoms with E-state index < -0.39 is 0 Å². The third-order valence-electron chi connectivity index (χ3n) is 3.64. The maximum atomic E-state index is 13.2. The molecule has 0 radical (unpaired) electrons. The van der Waals surface area contributed by atoms with Gasteiger partial charge in [0.2, 0.25) is 5.91 Å². The summed E-state index contributed by atoms with van der Waals surface area (Å²) in [6.45, 7) is 2.47. The molecule has 2 N–H and O–H groups in total. The molecular formula is C20H19FN4O2. The van der Waals surface area contributed by atoms with Gasteiger partial charge in [-0.2, -0.15) is 0 Å². The molecule has 0 unspecified atom stereocenters. The van der Waals surface area contributed by atoms with Crippen molar-refractivity contribution in [2.75, 3.05) is 17.2 Å². The second-order valence-electron chi connectivity index (χ2n) is 5.71. The largest absolute Gasteiger partial charge is 0.492 e. The quantitative estimate of drug-likeness (QED) is 0.662. The van der Waals surface area contributed by atoms with Gasteiger partial charge < -0.3 is 15.4 Å². The molecule has 0 spiro atoms. The predicted octanol–water partition coefficient (Wildman–Crippen LogP) is 3.94. The maximum absolute atomic E-state index is 13.2. The fraction of sp³-hybridized carbons (Fsp3) is 0.150. The summed E-state index contributed by atoms with van der Waals surface area (Å²) in [5.41, 5.74) is 1.36. The van der Waals surface area contributed by atoms with Crippen LogP contribution in [-0.4, -0.2) is 22.7 Å². The lowest BCUT2D eigenvalue weighted by Crippen LogP contribution is -2.15. The highest BCUT2D eigenvalue weighted by atomic mass is 19.1. The molecule has 1 heterocycles. The highest BCUT2D eigenvalue weighted by molar-refractivity contribution is 5.91. The van der Waals surface area contributed by atoms with Crippen molar-refractivity contribution in [3.05, 3.63) is 72.0 Å². The molecule has 27 heavy (non-hydrogen) atoms. The van der Waals surface area contributed by atoms with Crippen molar-refractivity contribution in [1.29, 1.82) is 0 Å². The molecule has 138 valence electrons. The van der Waals surface area contributed by atoms with E-state index in [0.717, 1.165) is 5.69 Å². The highest BCUT2D eigenvalue weighted by Gasteiger charge is 2.08. The number of amides is 1. The number of nitrogens with zero attached hydrogens (tertiary/aromatic N) is 2. The van der Waals surface area contributed by atoms with Gasteiger partial charge in [-0.1, -0.05) is 24.3 Å². The summed E-state index contributed by atoms with van der Waals surface area (Å²) in [5.74, 6) is 0.889. The Labute approximate surface area is 156 Å². The number of nitrogens with one attached hydrogen (secondary N) is 2. The Morgan fingerprint density at radius 1 is 1.04 bits per heavy atom. The molecule has 1 aromatic heterocycles. The zero-order valence-electron chi connectivity index (χ0n) is 14.8. The first-order valence-corrected chi connectivity index (χ1v) is 8.51. The topological polar surface area (TPSA) is 76.1 Å². The van der Waals surface area contributed by atoms with Gasteiger partial charge in [0.05, 0.1) is 18.7 Å². The minimum Gasteiger partial charge on any atom is -0.492 e. The summed E-state index contributed by atoms with van der Waals surface area (Å²) in [5, 5.41) is 13.8. The van der Waals surface area contributed by atoms with Crippen molar-refractivity contribution < 1.29 is 13.9 Å². The van der Waals surface area contributed by atoms with E-state index >= 15 is 0 Å². The fourth-order valence-electron chi connectivity index (χ4n) is 2.47. The number of carbonyl (C=O) groups excluding carboxylic acids is 1. The summed E-state index contributed by atoms with van der Waals surface area (Å²) in [7, 11) is 0. The summed E-state index contributed by atoms with van der Waals surface area (Å²) in [6.07, 6.45) is 0.0567. The van der Waals surface area contributed by atoms with Crippen LogP contribution in [0.25, 0.3) is 0 Å². The number of para-hydroxylation sites is 2. The van der Waals surface area contributed by atoms with Gasteiger partial charge in [0.25, 0.3) is 0 Å². The van der Waals surface area contributed by atoms with Crippen LogP contribution in [0.5, 0.6) is 5.75 Å². The van der Waals surface area contributed by atoms with E-state index in [2.05, 4.69) is 20.8 Å². The summed E-state index contributed by atoms with van der Waals surface area (Å²) >= 11 is 0. The van der Waals surface area contributed by atoms with Crippen LogP contribution < -0.4 is 15.4 Å². The standard InChI is InChI=1S/C20H19FN4O2/c1-2-27-17-9-4-3-8-16(17)22-18-10-11-19(25-24-18)23-20(26)13-14-6-5-7-15(21)12-14/h3-12H,2,13H2,1H3,(H,22,24)(H,23,25,26). The third kappa shape index (κ3) is 5.24. The van der Waals surface area contributed by atoms with Crippen molar-refractivity contribution in [3.8, 4) is 5.75 Å². The molecule has 0 saturated heterocycles. The number of benzene rings is 2. The van der Waals surface area contributed by atoms with Crippen LogP contribution in [0.1, 0.15) is 12.5 Å². The second kappa shape index (κ2) is 8.75. The van der Waals surface area contributed by atoms with Gasteiger partial charge >= 0.3 is 0 Å². The average molecular weight is 366 g/mol. The molecule has 0 aliphatic heterocycles. The Morgan fingerprint density at radius 2 is 1.81 bits per heavy atom. The average Bonchev–Trinajstić information content (AvgIpc) is 2.65. The van der Waals surface area contributed by atoms with E-state index in [-0.39, 0.29) is 18.1 Å². The van der Waals surface area contributed by atoms with Gasteiger partial charge in [0, 0.05) is 0 Å². The Morgan fingerprint density at radius 3 is 2.56 bits per heavy atom. The van der Waals surface area contributed by atoms with Crippen LogP contribution in [-0.2, 0) is 11.2 Å². The van der Waals surface area contributed by atoms with Crippen molar-refractivity contribution in [3.63, 3.8) is 0 Å². The van der Waals surface area contributed by atoms with Gasteiger partial charge in [-0.15, -0.1) is 10.2 Å². The van der Waals surface area contributed by atoms with Gasteiger partial charge in [-0.25, -0.2) is 4.39 Å². The van der Waals surface area contributed by atoms with E-state index in [1.807, 2.05) is 31.2 Å².